The van der Waals surface area contributed by atoms with Gasteiger partial charge >= 0.3 is 0 Å². The molecule has 1 aliphatic rings. The fourth-order valence-electron chi connectivity index (χ4n) is 5.62. The Morgan fingerprint density at radius 2 is 1.72 bits per heavy atom. The second-order valence-electron chi connectivity index (χ2n) is 11.1. The van der Waals surface area contributed by atoms with Gasteiger partial charge in [0, 0.05) is 52.2 Å². The molecule has 0 aliphatic carbocycles. The number of carbonyl (C=O) groups is 1. The highest BCUT2D eigenvalue weighted by atomic mass is 79.9. The highest BCUT2D eigenvalue weighted by Crippen LogP contribution is 2.45. The second-order valence-corrected chi connectivity index (χ2v) is 12.0. The molecule has 0 fully saturated rings. The summed E-state index contributed by atoms with van der Waals surface area (Å²) in [5.74, 6) is 1.77. The number of aliphatic imine (C=N–C) groups is 1. The molecule has 0 spiro atoms. The summed E-state index contributed by atoms with van der Waals surface area (Å²) in [6.45, 7) is 0.598. The van der Waals surface area contributed by atoms with Crippen molar-refractivity contribution in [2.45, 2.75) is 31.0 Å². The lowest BCUT2D eigenvalue weighted by molar-refractivity contribution is -0.130. The van der Waals surface area contributed by atoms with Crippen LogP contribution in [0, 0.1) is 0 Å². The zero-order chi connectivity index (χ0) is 35.5. The normalized spacial score (nSPS) is 16.4. The van der Waals surface area contributed by atoms with Gasteiger partial charge in [0.1, 0.15) is 5.75 Å². The van der Waals surface area contributed by atoms with Gasteiger partial charge in [0.25, 0.3) is 5.91 Å². The van der Waals surface area contributed by atoms with Crippen LogP contribution in [0.4, 0.5) is 5.69 Å². The molecule has 0 saturated carbocycles. The van der Waals surface area contributed by atoms with Gasteiger partial charge in [-0.25, -0.2) is 10.4 Å². The van der Waals surface area contributed by atoms with Crippen LogP contribution in [-0.2, 0) is 22.5 Å². The van der Waals surface area contributed by atoms with E-state index in [4.69, 9.17) is 33.8 Å². The summed E-state index contributed by atoms with van der Waals surface area (Å²) in [6, 6.07) is 25.2. The molecule has 14 heteroatoms. The Morgan fingerprint density at radius 1 is 1.02 bits per heavy atom. The molecule has 0 unspecified atom stereocenters. The monoisotopic (exact) mass is 744 g/mol. The molecule has 4 aromatic rings. The molecular weight excluding hydrogens is 708 g/mol. The third kappa shape index (κ3) is 7.95. The van der Waals surface area contributed by atoms with Crippen LogP contribution in [0.1, 0.15) is 34.8 Å². The standard InChI is InChI=1S/C36H37BrN6O7/c1-46-30-19-23(20-31(47-2)32(30)48-3)22-39-42-35(45)36(21-25-9-4-7-12-29(25)41-43-38)33(27-10-5-6-11-28(27)37)50-34(40-36)24-13-15-26(16-14-24)49-18-8-17-44/h4-7,9-16,19-20,33,39,44H,8,17-18,21-22H2,1-3H3,(H,42,45)/t33-,36-/m0/s1. The van der Waals surface area contributed by atoms with Crippen molar-refractivity contribution < 1.29 is 33.6 Å². The van der Waals surface area contributed by atoms with Crippen molar-refractivity contribution >= 4 is 33.4 Å². The van der Waals surface area contributed by atoms with E-state index in [2.05, 4.69) is 36.8 Å². The van der Waals surface area contributed by atoms with E-state index in [1.807, 2.05) is 30.3 Å². The van der Waals surface area contributed by atoms with Crippen LogP contribution >= 0.6 is 15.9 Å². The van der Waals surface area contributed by atoms with Gasteiger partial charge in [-0.3, -0.25) is 10.2 Å². The Labute approximate surface area is 297 Å². The van der Waals surface area contributed by atoms with Gasteiger partial charge in [0.15, 0.2) is 23.1 Å². The van der Waals surface area contributed by atoms with E-state index in [0.717, 1.165) is 10.0 Å². The molecule has 3 N–H and O–H groups in total. The van der Waals surface area contributed by atoms with Gasteiger partial charge in [0.05, 0.1) is 27.9 Å². The number of nitrogens with one attached hydrogen (secondary N) is 2. The lowest BCUT2D eigenvalue weighted by Crippen LogP contribution is -2.53. The van der Waals surface area contributed by atoms with Crippen LogP contribution in [0.3, 0.4) is 0 Å². The molecule has 0 bridgehead atoms. The molecule has 5 rings (SSSR count). The third-order valence-electron chi connectivity index (χ3n) is 8.04. The Balaban J connectivity index is 1.55. The lowest BCUT2D eigenvalue weighted by Gasteiger charge is -2.31. The van der Waals surface area contributed by atoms with E-state index in [1.165, 1.54) is 21.3 Å². The van der Waals surface area contributed by atoms with Crippen LogP contribution in [0.5, 0.6) is 23.0 Å². The molecule has 1 heterocycles. The maximum atomic E-state index is 14.7. The Morgan fingerprint density at radius 3 is 2.38 bits per heavy atom. The predicted molar refractivity (Wildman–Crippen MR) is 191 cm³/mol. The van der Waals surface area contributed by atoms with Crippen molar-refractivity contribution in [1.82, 2.24) is 10.9 Å². The summed E-state index contributed by atoms with van der Waals surface area (Å²) < 4.78 is 29.5. The Kier molecular flexibility index (Phi) is 12.2. The Bertz CT molecular complexity index is 1860. The topological polar surface area (TPSA) is 169 Å². The van der Waals surface area contributed by atoms with E-state index in [1.54, 1.807) is 54.6 Å². The summed E-state index contributed by atoms with van der Waals surface area (Å²) in [7, 11) is 4.59. The number of nitrogens with zero attached hydrogens (tertiary/aromatic N) is 4. The van der Waals surface area contributed by atoms with E-state index < -0.39 is 17.6 Å². The zero-order valence-electron chi connectivity index (χ0n) is 27.8. The van der Waals surface area contributed by atoms with Crippen molar-refractivity contribution in [3.8, 4) is 23.0 Å². The molecule has 0 saturated heterocycles. The molecule has 50 heavy (non-hydrogen) atoms. The second kappa shape index (κ2) is 16.9. The highest BCUT2D eigenvalue weighted by molar-refractivity contribution is 9.10. The quantitative estimate of drug-likeness (QED) is 0.0384. The number of hydrogen-bond donors (Lipinski definition) is 3. The molecule has 13 nitrogen and oxygen atoms in total. The van der Waals surface area contributed by atoms with Gasteiger partial charge in [0.2, 0.25) is 11.6 Å². The fourth-order valence-corrected chi connectivity index (χ4v) is 6.11. The fraction of sp³-hybridized carbons (Fsp3) is 0.278. The van der Waals surface area contributed by atoms with Crippen molar-refractivity contribution in [2.24, 2.45) is 10.1 Å². The van der Waals surface area contributed by atoms with E-state index in [9.17, 15) is 10.3 Å². The summed E-state index contributed by atoms with van der Waals surface area (Å²) in [5.41, 5.74) is 16.7. The first-order chi connectivity index (χ1) is 24.4. The smallest absolute Gasteiger partial charge is 0.266 e. The molecule has 1 amide bonds. The number of benzene rings is 4. The molecule has 260 valence electrons. The van der Waals surface area contributed by atoms with Crippen molar-refractivity contribution in [3.63, 3.8) is 0 Å². The van der Waals surface area contributed by atoms with Crippen LogP contribution in [0.2, 0.25) is 0 Å². The maximum absolute atomic E-state index is 14.7. The summed E-state index contributed by atoms with van der Waals surface area (Å²) in [6.07, 6.45) is -0.374. The molecule has 0 aromatic heterocycles. The number of aliphatic hydroxyl groups excluding tert-OH is 1. The number of azide groups is 1. The highest BCUT2D eigenvalue weighted by Gasteiger charge is 2.54. The Hall–Kier alpha value is -5.27. The van der Waals surface area contributed by atoms with Crippen molar-refractivity contribution in [1.29, 1.82) is 0 Å². The number of carbonyl (C=O) groups excluding carboxylic acids is 1. The first kappa shape index (κ1) is 36.0. The van der Waals surface area contributed by atoms with Crippen molar-refractivity contribution in [3.05, 3.63) is 122 Å². The number of rotatable bonds is 16. The van der Waals surface area contributed by atoms with Crippen LogP contribution in [0.25, 0.3) is 10.4 Å². The summed E-state index contributed by atoms with van der Waals surface area (Å²) in [4.78, 5) is 22.7. The average Bonchev–Trinajstić information content (AvgIpc) is 3.52. The predicted octanol–water partition coefficient (Wildman–Crippen LogP) is 6.50. The summed E-state index contributed by atoms with van der Waals surface area (Å²) in [5, 5.41) is 13.0. The van der Waals surface area contributed by atoms with Gasteiger partial charge in [-0.1, -0.05) is 63.5 Å². The van der Waals surface area contributed by atoms with Gasteiger partial charge in [-0.15, -0.1) is 0 Å². The minimum atomic E-state index is -1.58. The largest absolute Gasteiger partial charge is 0.494 e. The first-order valence-corrected chi connectivity index (χ1v) is 16.5. The molecule has 4 aromatic carbocycles. The number of methoxy groups -OCH3 is 3. The van der Waals surface area contributed by atoms with Crippen molar-refractivity contribution in [2.75, 3.05) is 34.5 Å². The van der Waals surface area contributed by atoms with E-state index >= 15 is 0 Å². The number of halogens is 1. The van der Waals surface area contributed by atoms with Gasteiger partial charge in [-0.2, -0.15) is 0 Å². The maximum Gasteiger partial charge on any atom is 0.266 e. The molecule has 1 aliphatic heterocycles. The third-order valence-corrected chi connectivity index (χ3v) is 8.76. The minimum Gasteiger partial charge on any atom is -0.494 e. The molecule has 2 atom stereocenters. The van der Waals surface area contributed by atoms with Gasteiger partial charge < -0.3 is 28.8 Å². The average molecular weight is 746 g/mol. The van der Waals surface area contributed by atoms with Gasteiger partial charge in [-0.05, 0) is 59.1 Å². The SMILES string of the molecule is COc1cc(CNNC(=O)[C@@]2(Cc3ccccc3N=[N+]=[N-])N=C(c3ccc(OCCCO)cc3)O[C@H]2c2ccccc2Br)cc(OC)c1OC. The summed E-state index contributed by atoms with van der Waals surface area (Å²) >= 11 is 3.66. The number of amides is 1. The number of hydrazine groups is 1. The molecule has 0 radical (unpaired) electrons. The number of hydrogen-bond acceptors (Lipinski definition) is 10. The van der Waals surface area contributed by atoms with Crippen LogP contribution in [0.15, 0.2) is 99.5 Å². The van der Waals surface area contributed by atoms with Crippen LogP contribution < -0.4 is 29.8 Å². The van der Waals surface area contributed by atoms with E-state index in [0.29, 0.717) is 58.4 Å². The minimum absolute atomic E-state index is 0.0255. The van der Waals surface area contributed by atoms with Crippen LogP contribution in [-0.4, -0.2) is 57.0 Å². The number of aliphatic hydroxyl groups is 1. The first-order valence-electron chi connectivity index (χ1n) is 15.7. The zero-order valence-corrected chi connectivity index (χ0v) is 29.3. The number of ether oxygens (including phenoxy) is 5. The lowest BCUT2D eigenvalue weighted by atomic mass is 9.81. The van der Waals surface area contributed by atoms with E-state index in [-0.39, 0.29) is 25.5 Å². The molecular formula is C36H37BrN6O7.